The molecule has 0 atom stereocenters. The molecule has 0 radical (unpaired) electrons. The quantitative estimate of drug-likeness (QED) is 0.694. The number of pyridine rings is 1. The summed E-state index contributed by atoms with van der Waals surface area (Å²) in [5.41, 5.74) is 3.72. The molecule has 100 valence electrons. The Kier molecular flexibility index (Phi) is 3.11. The van der Waals surface area contributed by atoms with E-state index in [9.17, 15) is 4.39 Å². The zero-order valence-electron chi connectivity index (χ0n) is 11.5. The number of hydrogen-bond donors (Lipinski definition) is 0. The first-order valence-corrected chi connectivity index (χ1v) is 6.48. The molecule has 1 heterocycles. The Balaban J connectivity index is 2.29. The van der Waals surface area contributed by atoms with Gasteiger partial charge in [-0.2, -0.15) is 0 Å². The van der Waals surface area contributed by atoms with Crippen molar-refractivity contribution < 1.29 is 4.39 Å². The summed E-state index contributed by atoms with van der Waals surface area (Å²) >= 11 is 0. The number of benzene rings is 2. The van der Waals surface area contributed by atoms with Crippen molar-refractivity contribution >= 4 is 16.6 Å². The molecule has 0 unspecified atom stereocenters. The van der Waals surface area contributed by atoms with Crippen molar-refractivity contribution in [3.63, 3.8) is 0 Å². The van der Waals surface area contributed by atoms with Gasteiger partial charge in [0.1, 0.15) is 5.82 Å². The van der Waals surface area contributed by atoms with Gasteiger partial charge in [-0.1, -0.05) is 30.3 Å². The Labute approximate surface area is 117 Å². The summed E-state index contributed by atoms with van der Waals surface area (Å²) in [4.78, 5) is 6.62. The summed E-state index contributed by atoms with van der Waals surface area (Å²) in [6.45, 7) is 0. The van der Waals surface area contributed by atoms with Crippen LogP contribution in [-0.4, -0.2) is 19.1 Å². The van der Waals surface area contributed by atoms with Crippen LogP contribution in [0.1, 0.15) is 0 Å². The van der Waals surface area contributed by atoms with Gasteiger partial charge in [0.05, 0.1) is 11.2 Å². The Morgan fingerprint density at radius 2 is 1.70 bits per heavy atom. The van der Waals surface area contributed by atoms with Crippen LogP contribution in [0.3, 0.4) is 0 Å². The lowest BCUT2D eigenvalue weighted by molar-refractivity contribution is 0.629. The first-order chi connectivity index (χ1) is 9.65. The maximum atomic E-state index is 13.5. The molecular formula is C17H15FN2. The van der Waals surface area contributed by atoms with Gasteiger partial charge in [-0.25, -0.2) is 9.37 Å². The number of halogens is 1. The molecule has 1 aromatic heterocycles. The lowest BCUT2D eigenvalue weighted by Gasteiger charge is -2.17. The fourth-order valence-electron chi connectivity index (χ4n) is 2.31. The molecule has 2 aromatic carbocycles. The molecule has 0 spiro atoms. The minimum atomic E-state index is -0.241. The van der Waals surface area contributed by atoms with Gasteiger partial charge >= 0.3 is 0 Å². The molecule has 3 heteroatoms. The van der Waals surface area contributed by atoms with E-state index >= 15 is 0 Å². The summed E-state index contributed by atoms with van der Waals surface area (Å²) in [6.07, 6.45) is 0. The first-order valence-electron chi connectivity index (χ1n) is 6.48. The van der Waals surface area contributed by atoms with Crippen molar-refractivity contribution in [2.75, 3.05) is 19.0 Å². The molecule has 0 aliphatic heterocycles. The van der Waals surface area contributed by atoms with Gasteiger partial charge in [0.25, 0.3) is 0 Å². The van der Waals surface area contributed by atoms with E-state index in [1.165, 1.54) is 12.1 Å². The number of aromatic nitrogens is 1. The molecule has 0 saturated heterocycles. The number of nitrogens with zero attached hydrogens (tertiary/aromatic N) is 2. The second-order valence-corrected chi connectivity index (χ2v) is 4.95. The second-order valence-electron chi connectivity index (χ2n) is 4.95. The minimum absolute atomic E-state index is 0.241. The van der Waals surface area contributed by atoms with E-state index in [0.29, 0.717) is 0 Å². The van der Waals surface area contributed by atoms with Crippen molar-refractivity contribution in [1.82, 2.24) is 4.98 Å². The van der Waals surface area contributed by atoms with Crippen molar-refractivity contribution in [3.8, 4) is 11.3 Å². The highest BCUT2D eigenvalue weighted by molar-refractivity contribution is 5.94. The largest absolute Gasteiger partial charge is 0.377 e. The lowest BCUT2D eigenvalue weighted by Crippen LogP contribution is -2.10. The van der Waals surface area contributed by atoms with E-state index in [1.807, 2.05) is 55.4 Å². The molecule has 0 bridgehead atoms. The normalized spacial score (nSPS) is 10.8. The molecule has 0 N–H and O–H groups in total. The van der Waals surface area contributed by atoms with Crippen LogP contribution in [-0.2, 0) is 0 Å². The highest BCUT2D eigenvalue weighted by atomic mass is 19.1. The van der Waals surface area contributed by atoms with Crippen LogP contribution in [0.5, 0.6) is 0 Å². The Hall–Kier alpha value is -2.42. The molecule has 0 aliphatic rings. The van der Waals surface area contributed by atoms with Gasteiger partial charge in [0.2, 0.25) is 0 Å². The average Bonchev–Trinajstić information content (AvgIpc) is 2.47. The molecular weight excluding hydrogens is 251 g/mol. The molecule has 0 aliphatic carbocycles. The van der Waals surface area contributed by atoms with Gasteiger partial charge in [-0.15, -0.1) is 0 Å². The molecule has 0 saturated carbocycles. The highest BCUT2D eigenvalue weighted by Gasteiger charge is 2.09. The summed E-state index contributed by atoms with van der Waals surface area (Å²) in [6, 6.07) is 16.7. The van der Waals surface area contributed by atoms with E-state index in [4.69, 9.17) is 0 Å². The third-order valence-corrected chi connectivity index (χ3v) is 3.30. The zero-order chi connectivity index (χ0) is 14.1. The lowest BCUT2D eigenvalue weighted by atomic mass is 10.1. The van der Waals surface area contributed by atoms with Crippen molar-refractivity contribution in [2.45, 2.75) is 0 Å². The third kappa shape index (κ3) is 2.23. The van der Waals surface area contributed by atoms with Gasteiger partial charge in [0.15, 0.2) is 0 Å². The molecule has 0 fully saturated rings. The van der Waals surface area contributed by atoms with E-state index < -0.39 is 0 Å². The molecule has 0 amide bonds. The second kappa shape index (κ2) is 4.93. The van der Waals surface area contributed by atoms with Crippen LogP contribution < -0.4 is 4.90 Å². The van der Waals surface area contributed by atoms with E-state index in [-0.39, 0.29) is 5.82 Å². The van der Waals surface area contributed by atoms with Crippen LogP contribution in [0, 0.1) is 5.82 Å². The number of fused-ring (bicyclic) bond motifs is 1. The number of rotatable bonds is 2. The maximum absolute atomic E-state index is 13.5. The van der Waals surface area contributed by atoms with E-state index in [2.05, 4.69) is 4.98 Å². The summed E-state index contributed by atoms with van der Waals surface area (Å²) in [7, 11) is 3.91. The third-order valence-electron chi connectivity index (χ3n) is 3.30. The predicted octanol–water partition coefficient (Wildman–Crippen LogP) is 4.11. The van der Waals surface area contributed by atoms with Crippen LogP contribution in [0.25, 0.3) is 22.2 Å². The summed E-state index contributed by atoms with van der Waals surface area (Å²) < 4.78 is 13.5. The Morgan fingerprint density at radius 1 is 0.950 bits per heavy atom. The van der Waals surface area contributed by atoms with Crippen LogP contribution >= 0.6 is 0 Å². The molecule has 2 nitrogen and oxygen atoms in total. The highest BCUT2D eigenvalue weighted by Crippen LogP contribution is 2.30. The number of hydrogen-bond acceptors (Lipinski definition) is 2. The van der Waals surface area contributed by atoms with Crippen LogP contribution in [0.4, 0.5) is 10.1 Å². The topological polar surface area (TPSA) is 16.1 Å². The van der Waals surface area contributed by atoms with Gasteiger partial charge in [-0.3, -0.25) is 0 Å². The average molecular weight is 266 g/mol. The van der Waals surface area contributed by atoms with E-state index in [0.717, 1.165) is 27.8 Å². The van der Waals surface area contributed by atoms with Gasteiger partial charge in [0, 0.05) is 30.7 Å². The predicted molar refractivity (Wildman–Crippen MR) is 81.5 cm³/mol. The van der Waals surface area contributed by atoms with Crippen LogP contribution in [0.2, 0.25) is 0 Å². The minimum Gasteiger partial charge on any atom is -0.377 e. The first kappa shape index (κ1) is 12.6. The Morgan fingerprint density at radius 3 is 2.40 bits per heavy atom. The van der Waals surface area contributed by atoms with Crippen molar-refractivity contribution in [2.24, 2.45) is 0 Å². The van der Waals surface area contributed by atoms with Gasteiger partial charge < -0.3 is 4.90 Å². The van der Waals surface area contributed by atoms with Crippen LogP contribution in [0.15, 0.2) is 54.6 Å². The summed E-state index contributed by atoms with van der Waals surface area (Å²) in [5.74, 6) is -0.241. The monoisotopic (exact) mass is 266 g/mol. The molecule has 20 heavy (non-hydrogen) atoms. The molecule has 3 aromatic rings. The molecule has 3 rings (SSSR count). The number of anilines is 1. The fraction of sp³-hybridized carbons (Fsp3) is 0.118. The standard InChI is InChI=1S/C17H15FN2/c1-20(2)17-11-16(12-6-4-3-5-7-12)19-15-9-8-13(18)10-14(15)17/h3-11H,1-2H3. The fourth-order valence-corrected chi connectivity index (χ4v) is 2.31. The van der Waals surface area contributed by atoms with Gasteiger partial charge in [-0.05, 0) is 24.3 Å². The zero-order valence-corrected chi connectivity index (χ0v) is 11.5. The van der Waals surface area contributed by atoms with Crippen molar-refractivity contribution in [3.05, 3.63) is 60.4 Å². The maximum Gasteiger partial charge on any atom is 0.124 e. The summed E-state index contributed by atoms with van der Waals surface area (Å²) in [5, 5.41) is 0.828. The van der Waals surface area contributed by atoms with Crippen molar-refractivity contribution in [1.29, 1.82) is 0 Å². The SMILES string of the molecule is CN(C)c1cc(-c2ccccc2)nc2ccc(F)cc12. The Bertz CT molecular complexity index is 752. The van der Waals surface area contributed by atoms with E-state index in [1.54, 1.807) is 6.07 Å². The smallest absolute Gasteiger partial charge is 0.124 e.